The zero-order valence-electron chi connectivity index (χ0n) is 11.5. The Morgan fingerprint density at radius 2 is 2.00 bits per heavy atom. The van der Waals surface area contributed by atoms with Crippen molar-refractivity contribution in [1.82, 2.24) is 16.0 Å². The van der Waals surface area contributed by atoms with Crippen molar-refractivity contribution in [2.45, 2.75) is 31.8 Å². The lowest BCUT2D eigenvalue weighted by molar-refractivity contribution is -0.123. The molecule has 0 aromatic heterocycles. The molecule has 0 aliphatic carbocycles. The van der Waals surface area contributed by atoms with E-state index in [1.807, 2.05) is 30.3 Å². The van der Waals surface area contributed by atoms with Gasteiger partial charge in [0.25, 0.3) is 0 Å². The van der Waals surface area contributed by atoms with Gasteiger partial charge >= 0.3 is 0 Å². The number of rotatable bonds is 6. The molecule has 1 saturated heterocycles. The fraction of sp³-hybridized carbons (Fsp3) is 0.467. The number of carbonyl (C=O) groups is 2. The molecule has 5 nitrogen and oxygen atoms in total. The van der Waals surface area contributed by atoms with Crippen LogP contribution >= 0.6 is 0 Å². The van der Waals surface area contributed by atoms with Gasteiger partial charge in [0.2, 0.25) is 11.8 Å². The summed E-state index contributed by atoms with van der Waals surface area (Å²) < 4.78 is 0. The van der Waals surface area contributed by atoms with Crippen LogP contribution in [-0.4, -0.2) is 30.9 Å². The Labute approximate surface area is 119 Å². The van der Waals surface area contributed by atoms with Gasteiger partial charge in [0.15, 0.2) is 0 Å². The maximum Gasteiger partial charge on any atom is 0.237 e. The first-order chi connectivity index (χ1) is 9.75. The first kappa shape index (κ1) is 14.5. The van der Waals surface area contributed by atoms with E-state index in [1.54, 1.807) is 0 Å². The summed E-state index contributed by atoms with van der Waals surface area (Å²) in [5.41, 5.74) is 1.07. The number of carbonyl (C=O) groups excluding carboxylic acids is 2. The normalized spacial score (nSPS) is 17.7. The maximum absolute atomic E-state index is 11.7. The van der Waals surface area contributed by atoms with Gasteiger partial charge in [-0.05, 0) is 24.9 Å². The number of nitrogens with one attached hydrogen (secondary N) is 3. The molecule has 5 heteroatoms. The van der Waals surface area contributed by atoms with E-state index in [0.29, 0.717) is 19.5 Å². The second-order valence-corrected chi connectivity index (χ2v) is 4.95. The number of hydrogen-bond donors (Lipinski definition) is 3. The summed E-state index contributed by atoms with van der Waals surface area (Å²) in [6, 6.07) is 9.67. The average Bonchev–Trinajstić information content (AvgIpc) is 3.00. The van der Waals surface area contributed by atoms with Gasteiger partial charge in [-0.15, -0.1) is 0 Å². The summed E-state index contributed by atoms with van der Waals surface area (Å²) in [7, 11) is 0. The first-order valence-electron chi connectivity index (χ1n) is 7.07. The summed E-state index contributed by atoms with van der Waals surface area (Å²) in [6.07, 6.45) is 2.23. The monoisotopic (exact) mass is 275 g/mol. The molecule has 3 N–H and O–H groups in total. The molecule has 1 aliphatic rings. The summed E-state index contributed by atoms with van der Waals surface area (Å²) in [6.45, 7) is 1.81. The molecule has 0 saturated carbocycles. The van der Waals surface area contributed by atoms with Crippen molar-refractivity contribution < 1.29 is 9.59 Å². The van der Waals surface area contributed by atoms with E-state index in [9.17, 15) is 9.59 Å². The Balaban J connectivity index is 1.59. The Morgan fingerprint density at radius 1 is 1.20 bits per heavy atom. The Hall–Kier alpha value is -1.88. The van der Waals surface area contributed by atoms with Crippen LogP contribution in [0, 0.1) is 0 Å². The fourth-order valence-corrected chi connectivity index (χ4v) is 2.22. The maximum atomic E-state index is 11.7. The minimum absolute atomic E-state index is 0.00152. The summed E-state index contributed by atoms with van der Waals surface area (Å²) in [5, 5.41) is 8.76. The smallest absolute Gasteiger partial charge is 0.237 e. The summed E-state index contributed by atoms with van der Waals surface area (Å²) in [4.78, 5) is 23.3. The first-order valence-corrected chi connectivity index (χ1v) is 7.07. The van der Waals surface area contributed by atoms with E-state index < -0.39 is 0 Å². The number of hydrogen-bond acceptors (Lipinski definition) is 3. The molecule has 1 aromatic carbocycles. The Kier molecular flexibility index (Phi) is 5.55. The van der Waals surface area contributed by atoms with E-state index in [-0.39, 0.29) is 17.9 Å². The molecule has 2 amide bonds. The molecule has 1 heterocycles. The zero-order chi connectivity index (χ0) is 14.2. The SMILES string of the molecule is O=C(CCNC(=O)C1CCCN1)NCc1ccccc1. The minimum atomic E-state index is -0.0811. The standard InChI is InChI=1S/C15H21N3O2/c19-14(18-11-12-5-2-1-3-6-12)8-10-17-15(20)13-7-4-9-16-13/h1-3,5-6,13,16H,4,7-11H2,(H,17,20)(H,18,19). The lowest BCUT2D eigenvalue weighted by Gasteiger charge is -2.11. The van der Waals surface area contributed by atoms with Crippen molar-refractivity contribution in [1.29, 1.82) is 0 Å². The molecule has 1 fully saturated rings. The molecule has 20 heavy (non-hydrogen) atoms. The van der Waals surface area contributed by atoms with Gasteiger partial charge in [0.1, 0.15) is 0 Å². The van der Waals surface area contributed by atoms with Gasteiger partial charge < -0.3 is 16.0 Å². The van der Waals surface area contributed by atoms with Crippen LogP contribution in [0.2, 0.25) is 0 Å². The van der Waals surface area contributed by atoms with Gasteiger partial charge in [-0.25, -0.2) is 0 Å². The van der Waals surface area contributed by atoms with E-state index in [0.717, 1.165) is 24.9 Å². The molecule has 0 bridgehead atoms. The van der Waals surface area contributed by atoms with Gasteiger partial charge in [-0.1, -0.05) is 30.3 Å². The topological polar surface area (TPSA) is 70.2 Å². The molecule has 2 rings (SSSR count). The van der Waals surface area contributed by atoms with Crippen LogP contribution in [0.15, 0.2) is 30.3 Å². The van der Waals surface area contributed by atoms with Crippen molar-refractivity contribution in [2.75, 3.05) is 13.1 Å². The summed E-state index contributed by atoms with van der Waals surface area (Å²) in [5.74, 6) is -0.0492. The fourth-order valence-electron chi connectivity index (χ4n) is 2.22. The van der Waals surface area contributed by atoms with Crippen LogP contribution < -0.4 is 16.0 Å². The van der Waals surface area contributed by atoms with Crippen LogP contribution in [-0.2, 0) is 16.1 Å². The lowest BCUT2D eigenvalue weighted by Crippen LogP contribution is -2.41. The Morgan fingerprint density at radius 3 is 2.70 bits per heavy atom. The lowest BCUT2D eigenvalue weighted by atomic mass is 10.2. The van der Waals surface area contributed by atoms with Gasteiger partial charge in [0, 0.05) is 19.5 Å². The molecule has 1 atom stereocenters. The highest BCUT2D eigenvalue weighted by Gasteiger charge is 2.21. The highest BCUT2D eigenvalue weighted by atomic mass is 16.2. The molecule has 0 radical (unpaired) electrons. The third-order valence-electron chi connectivity index (χ3n) is 3.36. The van der Waals surface area contributed by atoms with Crippen molar-refractivity contribution >= 4 is 11.8 Å². The largest absolute Gasteiger partial charge is 0.354 e. The summed E-state index contributed by atoms with van der Waals surface area (Å²) >= 11 is 0. The number of amides is 2. The second-order valence-electron chi connectivity index (χ2n) is 4.95. The van der Waals surface area contributed by atoms with Crippen molar-refractivity contribution in [3.8, 4) is 0 Å². The molecule has 1 unspecified atom stereocenters. The second kappa shape index (κ2) is 7.65. The highest BCUT2D eigenvalue weighted by Crippen LogP contribution is 2.04. The molecule has 1 aromatic rings. The van der Waals surface area contributed by atoms with Crippen LogP contribution in [0.1, 0.15) is 24.8 Å². The van der Waals surface area contributed by atoms with Gasteiger partial charge in [-0.3, -0.25) is 9.59 Å². The van der Waals surface area contributed by atoms with E-state index in [1.165, 1.54) is 0 Å². The van der Waals surface area contributed by atoms with Gasteiger partial charge in [-0.2, -0.15) is 0 Å². The van der Waals surface area contributed by atoms with E-state index >= 15 is 0 Å². The third-order valence-corrected chi connectivity index (χ3v) is 3.36. The van der Waals surface area contributed by atoms with Crippen molar-refractivity contribution in [3.63, 3.8) is 0 Å². The third kappa shape index (κ3) is 4.66. The molecule has 0 spiro atoms. The molecular weight excluding hydrogens is 254 g/mol. The molecule has 1 aliphatic heterocycles. The van der Waals surface area contributed by atoms with E-state index in [4.69, 9.17) is 0 Å². The van der Waals surface area contributed by atoms with Crippen LogP contribution in [0.5, 0.6) is 0 Å². The predicted octanol–water partition coefficient (Wildman–Crippen LogP) is 0.561. The van der Waals surface area contributed by atoms with Crippen LogP contribution in [0.25, 0.3) is 0 Å². The quantitative estimate of drug-likeness (QED) is 0.710. The zero-order valence-corrected chi connectivity index (χ0v) is 11.5. The van der Waals surface area contributed by atoms with Gasteiger partial charge in [0.05, 0.1) is 6.04 Å². The predicted molar refractivity (Wildman–Crippen MR) is 76.9 cm³/mol. The minimum Gasteiger partial charge on any atom is -0.354 e. The molecular formula is C15H21N3O2. The average molecular weight is 275 g/mol. The molecule has 108 valence electrons. The van der Waals surface area contributed by atoms with Crippen molar-refractivity contribution in [3.05, 3.63) is 35.9 Å². The van der Waals surface area contributed by atoms with Crippen LogP contribution in [0.4, 0.5) is 0 Å². The highest BCUT2D eigenvalue weighted by molar-refractivity contribution is 5.83. The number of benzene rings is 1. The van der Waals surface area contributed by atoms with E-state index in [2.05, 4.69) is 16.0 Å². The van der Waals surface area contributed by atoms with Crippen LogP contribution in [0.3, 0.4) is 0 Å². The Bertz CT molecular complexity index is 442. The van der Waals surface area contributed by atoms with Crippen molar-refractivity contribution in [2.24, 2.45) is 0 Å².